The number of benzene rings is 2. The molecular formula is C20H15F3N2O3. The van der Waals surface area contributed by atoms with Gasteiger partial charge in [-0.2, -0.15) is 13.2 Å². The molecule has 2 aromatic carbocycles. The molecule has 0 fully saturated rings. The molecule has 0 aliphatic rings. The highest BCUT2D eigenvalue weighted by Crippen LogP contribution is 2.27. The summed E-state index contributed by atoms with van der Waals surface area (Å²) in [6.45, 7) is 0. The first kappa shape index (κ1) is 19.2. The lowest BCUT2D eigenvalue weighted by molar-refractivity contribution is -0.141. The Labute approximate surface area is 157 Å². The summed E-state index contributed by atoms with van der Waals surface area (Å²) in [6.07, 6.45) is -4.72. The van der Waals surface area contributed by atoms with Crippen molar-refractivity contribution in [3.63, 3.8) is 0 Å². The summed E-state index contributed by atoms with van der Waals surface area (Å²) < 4.78 is 38.1. The van der Waals surface area contributed by atoms with Gasteiger partial charge in [0.25, 0.3) is 11.5 Å². The summed E-state index contributed by atoms with van der Waals surface area (Å²) >= 11 is 0. The van der Waals surface area contributed by atoms with E-state index < -0.39 is 34.9 Å². The van der Waals surface area contributed by atoms with Crippen molar-refractivity contribution in [3.05, 3.63) is 99.5 Å². The van der Waals surface area contributed by atoms with Gasteiger partial charge in [0.15, 0.2) is 0 Å². The molecule has 1 atom stereocenters. The predicted molar refractivity (Wildman–Crippen MR) is 95.9 cm³/mol. The quantitative estimate of drug-likeness (QED) is 0.639. The number of phenolic OH excluding ortho intramolecular Hbond substituents is 1. The zero-order valence-corrected chi connectivity index (χ0v) is 14.3. The lowest BCUT2D eigenvalue weighted by Gasteiger charge is -2.20. The third-order valence-electron chi connectivity index (χ3n) is 4.09. The van der Waals surface area contributed by atoms with E-state index in [4.69, 9.17) is 0 Å². The first-order chi connectivity index (χ1) is 13.3. The van der Waals surface area contributed by atoms with E-state index in [1.165, 1.54) is 12.1 Å². The third kappa shape index (κ3) is 4.22. The van der Waals surface area contributed by atoms with Crippen molar-refractivity contribution < 1.29 is 23.1 Å². The zero-order valence-electron chi connectivity index (χ0n) is 14.3. The van der Waals surface area contributed by atoms with Gasteiger partial charge in [-0.05, 0) is 35.4 Å². The summed E-state index contributed by atoms with van der Waals surface area (Å²) in [4.78, 5) is 26.2. The SMILES string of the molecule is O=C(NC(c1ccccc1)c1ccc(O)cc1)c1ccc(C(F)(F)F)[nH]c1=O. The Morgan fingerprint density at radius 3 is 2.11 bits per heavy atom. The van der Waals surface area contributed by atoms with Gasteiger partial charge in [0.2, 0.25) is 0 Å². The van der Waals surface area contributed by atoms with Crippen molar-refractivity contribution in [1.29, 1.82) is 0 Å². The Bertz CT molecular complexity index is 1030. The van der Waals surface area contributed by atoms with Crippen LogP contribution < -0.4 is 10.9 Å². The fourth-order valence-electron chi connectivity index (χ4n) is 2.70. The molecule has 1 amide bonds. The molecule has 3 N–H and O–H groups in total. The summed E-state index contributed by atoms with van der Waals surface area (Å²) in [5, 5.41) is 12.1. The number of nitrogens with one attached hydrogen (secondary N) is 2. The van der Waals surface area contributed by atoms with E-state index in [1.54, 1.807) is 47.4 Å². The number of hydrogen-bond acceptors (Lipinski definition) is 3. The van der Waals surface area contributed by atoms with Gasteiger partial charge in [0.1, 0.15) is 17.0 Å². The van der Waals surface area contributed by atoms with Gasteiger partial charge in [-0.1, -0.05) is 42.5 Å². The molecule has 0 saturated carbocycles. The topological polar surface area (TPSA) is 82.2 Å². The van der Waals surface area contributed by atoms with Crippen LogP contribution >= 0.6 is 0 Å². The standard InChI is InChI=1S/C20H15F3N2O3/c21-20(22,23)16-11-10-15(18(27)24-16)19(28)25-17(12-4-2-1-3-5-12)13-6-8-14(26)9-7-13/h1-11,17,26H,(H,24,27)(H,25,28). The van der Waals surface area contributed by atoms with Crippen LogP contribution in [0.25, 0.3) is 0 Å². The lowest BCUT2D eigenvalue weighted by Crippen LogP contribution is -2.34. The maximum absolute atomic E-state index is 12.7. The highest BCUT2D eigenvalue weighted by atomic mass is 19.4. The summed E-state index contributed by atoms with van der Waals surface area (Å²) in [5.41, 5.74) is -1.48. The van der Waals surface area contributed by atoms with E-state index in [0.29, 0.717) is 17.2 Å². The maximum Gasteiger partial charge on any atom is 0.431 e. The Hall–Kier alpha value is -3.55. The van der Waals surface area contributed by atoms with Crippen molar-refractivity contribution in [2.45, 2.75) is 12.2 Å². The average molecular weight is 388 g/mol. The average Bonchev–Trinajstić information content (AvgIpc) is 2.66. The van der Waals surface area contributed by atoms with Crippen LogP contribution in [0.2, 0.25) is 0 Å². The van der Waals surface area contributed by atoms with Crippen LogP contribution in [-0.4, -0.2) is 16.0 Å². The van der Waals surface area contributed by atoms with Gasteiger partial charge in [-0.25, -0.2) is 0 Å². The number of H-pyrrole nitrogens is 1. The Balaban J connectivity index is 1.94. The fourth-order valence-corrected chi connectivity index (χ4v) is 2.70. The number of halogens is 3. The summed E-state index contributed by atoms with van der Waals surface area (Å²) in [7, 11) is 0. The number of amides is 1. The molecule has 1 aromatic heterocycles. The third-order valence-corrected chi connectivity index (χ3v) is 4.09. The van der Waals surface area contributed by atoms with Crippen LogP contribution in [0, 0.1) is 0 Å². The molecule has 0 saturated heterocycles. The highest BCUT2D eigenvalue weighted by molar-refractivity contribution is 5.94. The predicted octanol–water partition coefficient (Wildman–Crippen LogP) is 3.62. The van der Waals surface area contributed by atoms with Crippen LogP contribution in [-0.2, 0) is 6.18 Å². The second-order valence-corrected chi connectivity index (χ2v) is 6.02. The van der Waals surface area contributed by atoms with Gasteiger partial charge in [0, 0.05) is 0 Å². The van der Waals surface area contributed by atoms with E-state index in [9.17, 15) is 27.9 Å². The normalized spacial score (nSPS) is 12.4. The van der Waals surface area contributed by atoms with Crippen molar-refractivity contribution in [2.75, 3.05) is 0 Å². The molecule has 3 rings (SSSR count). The van der Waals surface area contributed by atoms with E-state index in [1.807, 2.05) is 0 Å². The monoisotopic (exact) mass is 388 g/mol. The van der Waals surface area contributed by atoms with E-state index in [0.717, 1.165) is 6.07 Å². The number of phenols is 1. The fraction of sp³-hybridized carbons (Fsp3) is 0.100. The number of aromatic amines is 1. The minimum Gasteiger partial charge on any atom is -0.508 e. The first-order valence-corrected chi connectivity index (χ1v) is 8.21. The molecule has 0 radical (unpaired) electrons. The summed E-state index contributed by atoms with van der Waals surface area (Å²) in [6, 6.07) is 15.8. The van der Waals surface area contributed by atoms with Crippen LogP contribution in [0.1, 0.15) is 33.2 Å². The molecular weight excluding hydrogens is 373 g/mol. The van der Waals surface area contributed by atoms with Gasteiger partial charge in [0.05, 0.1) is 6.04 Å². The van der Waals surface area contributed by atoms with Crippen molar-refractivity contribution in [3.8, 4) is 5.75 Å². The molecule has 0 aliphatic heterocycles. The number of pyridine rings is 1. The number of aromatic hydroxyl groups is 1. The van der Waals surface area contributed by atoms with Gasteiger partial charge < -0.3 is 15.4 Å². The minimum absolute atomic E-state index is 0.0427. The van der Waals surface area contributed by atoms with E-state index in [2.05, 4.69) is 5.32 Å². The number of hydrogen-bond donors (Lipinski definition) is 3. The molecule has 1 unspecified atom stereocenters. The van der Waals surface area contributed by atoms with Gasteiger partial charge >= 0.3 is 6.18 Å². The maximum atomic E-state index is 12.7. The molecule has 28 heavy (non-hydrogen) atoms. The number of carbonyl (C=O) groups is 1. The van der Waals surface area contributed by atoms with Crippen LogP contribution in [0.5, 0.6) is 5.75 Å². The molecule has 5 nitrogen and oxygen atoms in total. The van der Waals surface area contributed by atoms with Gasteiger partial charge in [-0.3, -0.25) is 9.59 Å². The number of rotatable bonds is 4. The van der Waals surface area contributed by atoms with Crippen molar-refractivity contribution in [2.24, 2.45) is 0 Å². The van der Waals surface area contributed by atoms with Crippen LogP contribution in [0.4, 0.5) is 13.2 Å². The van der Waals surface area contributed by atoms with E-state index >= 15 is 0 Å². The molecule has 144 valence electrons. The molecule has 0 bridgehead atoms. The molecule has 1 heterocycles. The Morgan fingerprint density at radius 1 is 0.929 bits per heavy atom. The second kappa shape index (κ2) is 7.59. The molecule has 3 aromatic rings. The van der Waals surface area contributed by atoms with E-state index in [-0.39, 0.29) is 5.75 Å². The Kier molecular flexibility index (Phi) is 5.21. The molecule has 8 heteroatoms. The molecule has 0 spiro atoms. The van der Waals surface area contributed by atoms with Crippen LogP contribution in [0.15, 0.2) is 71.5 Å². The van der Waals surface area contributed by atoms with Gasteiger partial charge in [-0.15, -0.1) is 0 Å². The number of aromatic nitrogens is 1. The minimum atomic E-state index is -4.72. The highest BCUT2D eigenvalue weighted by Gasteiger charge is 2.32. The smallest absolute Gasteiger partial charge is 0.431 e. The largest absolute Gasteiger partial charge is 0.508 e. The second-order valence-electron chi connectivity index (χ2n) is 6.02. The van der Waals surface area contributed by atoms with Crippen LogP contribution in [0.3, 0.4) is 0 Å². The molecule has 0 aliphatic carbocycles. The van der Waals surface area contributed by atoms with Crippen molar-refractivity contribution >= 4 is 5.91 Å². The van der Waals surface area contributed by atoms with Crippen molar-refractivity contribution in [1.82, 2.24) is 10.3 Å². The lowest BCUT2D eigenvalue weighted by atomic mass is 9.98. The first-order valence-electron chi connectivity index (χ1n) is 8.21. The zero-order chi connectivity index (χ0) is 20.3. The number of carbonyl (C=O) groups excluding carboxylic acids is 1. The number of alkyl halides is 3. The summed E-state index contributed by atoms with van der Waals surface area (Å²) in [5.74, 6) is -0.780. The Morgan fingerprint density at radius 2 is 1.54 bits per heavy atom.